The van der Waals surface area contributed by atoms with Gasteiger partial charge in [-0.2, -0.15) is 0 Å². The number of piperidine rings is 2. The molecule has 2 aliphatic rings. The van der Waals surface area contributed by atoms with Gasteiger partial charge in [0.25, 0.3) is 0 Å². The van der Waals surface area contributed by atoms with Crippen LogP contribution in [0.2, 0.25) is 0 Å². The van der Waals surface area contributed by atoms with Crippen molar-refractivity contribution < 1.29 is 4.74 Å². The zero-order chi connectivity index (χ0) is 12.4. The van der Waals surface area contributed by atoms with Crippen LogP contribution in [0.5, 0.6) is 5.75 Å². The lowest BCUT2D eigenvalue weighted by molar-refractivity contribution is 0.0959. The summed E-state index contributed by atoms with van der Waals surface area (Å²) in [5, 5.41) is 0. The quantitative estimate of drug-likeness (QED) is 0.791. The Bertz CT molecular complexity index is 387. The van der Waals surface area contributed by atoms with Crippen molar-refractivity contribution in [1.29, 1.82) is 0 Å². The van der Waals surface area contributed by atoms with Crippen molar-refractivity contribution in [3.63, 3.8) is 0 Å². The number of nitrogens with zero attached hydrogens (tertiary/aromatic N) is 1. The van der Waals surface area contributed by atoms with E-state index in [4.69, 9.17) is 4.74 Å². The highest BCUT2D eigenvalue weighted by molar-refractivity contribution is 5.30. The van der Waals surface area contributed by atoms with Gasteiger partial charge in [0.2, 0.25) is 0 Å². The SMILES string of the molecule is COc1ccc(C2CCC3CCCCN3C2)cc1. The summed E-state index contributed by atoms with van der Waals surface area (Å²) in [6, 6.07) is 9.56. The van der Waals surface area contributed by atoms with Crippen LogP contribution in [0.4, 0.5) is 0 Å². The molecular formula is C16H23NO. The van der Waals surface area contributed by atoms with Crippen molar-refractivity contribution in [2.24, 2.45) is 0 Å². The van der Waals surface area contributed by atoms with Crippen LogP contribution in [0.25, 0.3) is 0 Å². The van der Waals surface area contributed by atoms with E-state index in [0.29, 0.717) is 0 Å². The Labute approximate surface area is 110 Å². The van der Waals surface area contributed by atoms with Gasteiger partial charge in [-0.1, -0.05) is 18.6 Å². The first-order valence-electron chi connectivity index (χ1n) is 7.25. The maximum atomic E-state index is 5.23. The summed E-state index contributed by atoms with van der Waals surface area (Å²) >= 11 is 0. The van der Waals surface area contributed by atoms with E-state index in [-0.39, 0.29) is 0 Å². The molecule has 18 heavy (non-hydrogen) atoms. The Kier molecular flexibility index (Phi) is 3.55. The van der Waals surface area contributed by atoms with E-state index in [9.17, 15) is 0 Å². The van der Waals surface area contributed by atoms with Crippen LogP contribution in [0.15, 0.2) is 24.3 Å². The Morgan fingerprint density at radius 3 is 2.67 bits per heavy atom. The molecule has 2 saturated heterocycles. The molecule has 0 bridgehead atoms. The minimum atomic E-state index is 0.727. The molecule has 0 spiro atoms. The van der Waals surface area contributed by atoms with E-state index in [1.54, 1.807) is 7.11 Å². The lowest BCUT2D eigenvalue weighted by atomic mass is 9.84. The first-order chi connectivity index (χ1) is 8.86. The van der Waals surface area contributed by atoms with Crippen LogP contribution < -0.4 is 4.74 Å². The monoisotopic (exact) mass is 245 g/mol. The second-order valence-electron chi connectivity index (χ2n) is 5.69. The number of fused-ring (bicyclic) bond motifs is 1. The van der Waals surface area contributed by atoms with Crippen molar-refractivity contribution in [1.82, 2.24) is 4.90 Å². The predicted molar refractivity (Wildman–Crippen MR) is 74.2 cm³/mol. The Morgan fingerprint density at radius 2 is 1.89 bits per heavy atom. The molecular weight excluding hydrogens is 222 g/mol. The van der Waals surface area contributed by atoms with Crippen LogP contribution in [0.3, 0.4) is 0 Å². The summed E-state index contributed by atoms with van der Waals surface area (Å²) in [7, 11) is 1.73. The minimum Gasteiger partial charge on any atom is -0.497 e. The molecule has 3 rings (SSSR count). The molecule has 2 heterocycles. The van der Waals surface area contributed by atoms with Crippen molar-refractivity contribution in [3.8, 4) is 5.75 Å². The Morgan fingerprint density at radius 1 is 1.06 bits per heavy atom. The smallest absolute Gasteiger partial charge is 0.118 e. The number of rotatable bonds is 2. The molecule has 0 aromatic heterocycles. The summed E-state index contributed by atoms with van der Waals surface area (Å²) < 4.78 is 5.23. The van der Waals surface area contributed by atoms with E-state index >= 15 is 0 Å². The third-order valence-corrected chi connectivity index (χ3v) is 4.64. The third kappa shape index (κ3) is 2.39. The van der Waals surface area contributed by atoms with Gasteiger partial charge in [0.15, 0.2) is 0 Å². The van der Waals surface area contributed by atoms with Crippen molar-refractivity contribution in [2.45, 2.75) is 44.1 Å². The Hall–Kier alpha value is -1.02. The zero-order valence-corrected chi connectivity index (χ0v) is 11.3. The van der Waals surface area contributed by atoms with Gasteiger partial charge in [0.1, 0.15) is 5.75 Å². The van der Waals surface area contributed by atoms with Crippen LogP contribution in [0.1, 0.15) is 43.6 Å². The second-order valence-corrected chi connectivity index (χ2v) is 5.69. The molecule has 0 N–H and O–H groups in total. The maximum absolute atomic E-state index is 5.23. The van der Waals surface area contributed by atoms with Crippen molar-refractivity contribution in [3.05, 3.63) is 29.8 Å². The summed E-state index contributed by atoms with van der Waals surface area (Å²) in [6.07, 6.45) is 7.00. The zero-order valence-electron chi connectivity index (χ0n) is 11.3. The van der Waals surface area contributed by atoms with Crippen LogP contribution in [-0.2, 0) is 0 Å². The van der Waals surface area contributed by atoms with Gasteiger partial charge >= 0.3 is 0 Å². The predicted octanol–water partition coefficient (Wildman–Crippen LogP) is 3.43. The fraction of sp³-hybridized carbons (Fsp3) is 0.625. The van der Waals surface area contributed by atoms with E-state index < -0.39 is 0 Å². The van der Waals surface area contributed by atoms with Crippen molar-refractivity contribution >= 4 is 0 Å². The molecule has 2 unspecified atom stereocenters. The van der Waals surface area contributed by atoms with Gasteiger partial charge in [-0.05, 0) is 55.8 Å². The number of ether oxygens (including phenoxy) is 1. The number of hydrogen-bond acceptors (Lipinski definition) is 2. The highest BCUT2D eigenvalue weighted by Crippen LogP contribution is 2.34. The first-order valence-corrected chi connectivity index (χ1v) is 7.25. The molecule has 0 radical (unpaired) electrons. The fourth-order valence-corrected chi connectivity index (χ4v) is 3.54. The van der Waals surface area contributed by atoms with Gasteiger partial charge < -0.3 is 4.74 Å². The Balaban J connectivity index is 1.69. The summed E-state index contributed by atoms with van der Waals surface area (Å²) in [5.41, 5.74) is 1.49. The highest BCUT2D eigenvalue weighted by Gasteiger charge is 2.30. The molecule has 0 aliphatic carbocycles. The molecule has 98 valence electrons. The third-order valence-electron chi connectivity index (χ3n) is 4.64. The van der Waals surface area contributed by atoms with E-state index in [0.717, 1.165) is 17.7 Å². The normalized spacial score (nSPS) is 28.7. The van der Waals surface area contributed by atoms with Crippen LogP contribution in [0, 0.1) is 0 Å². The van der Waals surface area contributed by atoms with Gasteiger partial charge in [-0.25, -0.2) is 0 Å². The molecule has 1 aromatic rings. The molecule has 2 nitrogen and oxygen atoms in total. The van der Waals surface area contributed by atoms with Crippen LogP contribution in [-0.4, -0.2) is 31.1 Å². The summed E-state index contributed by atoms with van der Waals surface area (Å²) in [5.74, 6) is 1.69. The average Bonchev–Trinajstić information content (AvgIpc) is 2.47. The lowest BCUT2D eigenvalue weighted by Crippen LogP contribution is -2.45. The van der Waals surface area contributed by atoms with Crippen LogP contribution >= 0.6 is 0 Å². The number of hydrogen-bond donors (Lipinski definition) is 0. The largest absolute Gasteiger partial charge is 0.497 e. The fourth-order valence-electron chi connectivity index (χ4n) is 3.54. The maximum Gasteiger partial charge on any atom is 0.118 e. The first kappa shape index (κ1) is 12.0. The van der Waals surface area contributed by atoms with E-state index in [2.05, 4.69) is 29.2 Å². The summed E-state index contributed by atoms with van der Waals surface area (Å²) in [6.45, 7) is 2.58. The molecule has 1 aromatic carbocycles. The molecule has 2 atom stereocenters. The van der Waals surface area contributed by atoms with E-state index in [1.165, 1.54) is 50.8 Å². The molecule has 2 heteroatoms. The van der Waals surface area contributed by atoms with Gasteiger partial charge in [0.05, 0.1) is 7.11 Å². The molecule has 2 fully saturated rings. The minimum absolute atomic E-state index is 0.727. The summed E-state index contributed by atoms with van der Waals surface area (Å²) in [4.78, 5) is 2.72. The molecule has 0 amide bonds. The van der Waals surface area contributed by atoms with Gasteiger partial charge in [-0.15, -0.1) is 0 Å². The molecule has 2 aliphatic heterocycles. The standard InChI is InChI=1S/C16H23NO/c1-18-16-9-6-13(7-10-16)14-5-8-15-4-2-3-11-17(15)12-14/h6-7,9-10,14-15H,2-5,8,11-12H2,1H3. The van der Waals surface area contributed by atoms with Gasteiger partial charge in [-0.3, -0.25) is 4.90 Å². The average molecular weight is 245 g/mol. The second kappa shape index (κ2) is 5.31. The van der Waals surface area contributed by atoms with Gasteiger partial charge in [0, 0.05) is 12.6 Å². The van der Waals surface area contributed by atoms with Crippen molar-refractivity contribution in [2.75, 3.05) is 20.2 Å². The topological polar surface area (TPSA) is 12.5 Å². The number of methoxy groups -OCH3 is 1. The molecule has 0 saturated carbocycles. The number of benzene rings is 1. The van der Waals surface area contributed by atoms with E-state index in [1.807, 2.05) is 0 Å². The highest BCUT2D eigenvalue weighted by atomic mass is 16.5. The lowest BCUT2D eigenvalue weighted by Gasteiger charge is -2.42.